The van der Waals surface area contributed by atoms with Gasteiger partial charge < -0.3 is 14.5 Å². The minimum absolute atomic E-state index is 0.0368. The van der Waals surface area contributed by atoms with E-state index in [9.17, 15) is 14.4 Å². The molecule has 29 heavy (non-hydrogen) atoms. The molecule has 1 atom stereocenters. The summed E-state index contributed by atoms with van der Waals surface area (Å²) in [5.74, 6) is -1.85. The molecule has 1 saturated heterocycles. The van der Waals surface area contributed by atoms with Crippen molar-refractivity contribution in [2.45, 2.75) is 32.6 Å². The van der Waals surface area contributed by atoms with Gasteiger partial charge in [-0.3, -0.25) is 14.4 Å². The summed E-state index contributed by atoms with van der Waals surface area (Å²) in [5.41, 5.74) is 1.89. The number of carbonyl (C=O) groups is 3. The number of anilines is 1. The van der Waals surface area contributed by atoms with Crippen molar-refractivity contribution < 1.29 is 19.1 Å². The highest BCUT2D eigenvalue weighted by Gasteiger charge is 2.36. The first-order valence-corrected chi connectivity index (χ1v) is 9.57. The highest BCUT2D eigenvalue weighted by atomic mass is 16.5. The number of nitriles is 2. The van der Waals surface area contributed by atoms with Gasteiger partial charge in [-0.05, 0) is 24.1 Å². The van der Waals surface area contributed by atoms with E-state index >= 15 is 0 Å². The number of ether oxygens (including phenoxy) is 1. The lowest BCUT2D eigenvalue weighted by molar-refractivity contribution is -0.155. The number of esters is 1. The molecule has 2 rings (SSSR count). The van der Waals surface area contributed by atoms with E-state index in [2.05, 4.69) is 0 Å². The molecule has 0 aliphatic carbocycles. The number of benzene rings is 1. The van der Waals surface area contributed by atoms with Gasteiger partial charge in [0.1, 0.15) is 0 Å². The molecule has 0 spiro atoms. The van der Waals surface area contributed by atoms with Crippen LogP contribution < -0.4 is 4.90 Å². The number of rotatable bonds is 9. The molecule has 1 fully saturated rings. The highest BCUT2D eigenvalue weighted by Crippen LogP contribution is 2.26. The Labute approximate surface area is 170 Å². The number of hydrogen-bond acceptors (Lipinski definition) is 6. The minimum atomic E-state index is -0.632. The maximum Gasteiger partial charge on any atom is 0.311 e. The van der Waals surface area contributed by atoms with Crippen LogP contribution in [-0.4, -0.2) is 48.9 Å². The molecule has 2 amide bonds. The Morgan fingerprint density at radius 2 is 1.79 bits per heavy atom. The van der Waals surface area contributed by atoms with Gasteiger partial charge in [0.25, 0.3) is 5.91 Å². The van der Waals surface area contributed by atoms with Crippen LogP contribution in [0.4, 0.5) is 5.69 Å². The lowest BCUT2D eigenvalue weighted by Crippen LogP contribution is -2.37. The smallest absolute Gasteiger partial charge is 0.311 e. The van der Waals surface area contributed by atoms with Gasteiger partial charge in [0, 0.05) is 31.7 Å². The maximum absolute atomic E-state index is 12.3. The van der Waals surface area contributed by atoms with Crippen molar-refractivity contribution in [3.8, 4) is 12.1 Å². The standard InChI is InChI=1S/C21H24N4O4/c1-2-16-5-7-18(8-6-16)25-14-17(13-19(25)26)21(28)29-15-20(27)24(11-3-9-22)12-4-10-23/h5-8,17H,2-4,11-15H2,1H3. The summed E-state index contributed by atoms with van der Waals surface area (Å²) in [6.07, 6.45) is 1.20. The maximum atomic E-state index is 12.3. The van der Waals surface area contributed by atoms with E-state index in [-0.39, 0.29) is 44.8 Å². The summed E-state index contributed by atoms with van der Waals surface area (Å²) in [6, 6.07) is 11.5. The lowest BCUT2D eigenvalue weighted by atomic mass is 10.1. The number of carbonyl (C=O) groups excluding carboxylic acids is 3. The van der Waals surface area contributed by atoms with Gasteiger partial charge in [-0.15, -0.1) is 0 Å². The van der Waals surface area contributed by atoms with Crippen LogP contribution in [0.15, 0.2) is 24.3 Å². The number of nitrogens with zero attached hydrogens (tertiary/aromatic N) is 4. The fraction of sp³-hybridized carbons (Fsp3) is 0.476. The van der Waals surface area contributed by atoms with E-state index in [1.54, 1.807) is 4.90 Å². The largest absolute Gasteiger partial charge is 0.455 e. The van der Waals surface area contributed by atoms with Crippen molar-refractivity contribution in [3.05, 3.63) is 29.8 Å². The zero-order valence-corrected chi connectivity index (χ0v) is 16.5. The molecule has 8 nitrogen and oxygen atoms in total. The third-order valence-electron chi connectivity index (χ3n) is 4.79. The van der Waals surface area contributed by atoms with Crippen molar-refractivity contribution in [1.29, 1.82) is 10.5 Å². The fourth-order valence-corrected chi connectivity index (χ4v) is 3.10. The molecule has 1 aromatic rings. The molecule has 1 unspecified atom stereocenters. The average Bonchev–Trinajstić information content (AvgIpc) is 3.13. The van der Waals surface area contributed by atoms with Crippen molar-refractivity contribution in [1.82, 2.24) is 4.90 Å². The zero-order valence-electron chi connectivity index (χ0n) is 16.5. The van der Waals surface area contributed by atoms with Gasteiger partial charge >= 0.3 is 5.97 Å². The topological polar surface area (TPSA) is 114 Å². The Morgan fingerprint density at radius 3 is 2.34 bits per heavy atom. The van der Waals surface area contributed by atoms with Gasteiger partial charge in [0.05, 0.1) is 30.9 Å². The van der Waals surface area contributed by atoms with Gasteiger partial charge in [-0.25, -0.2) is 0 Å². The number of amides is 2. The van der Waals surface area contributed by atoms with Gasteiger partial charge in [0.15, 0.2) is 6.61 Å². The Kier molecular flexibility index (Phi) is 8.17. The molecular formula is C21H24N4O4. The van der Waals surface area contributed by atoms with Crippen LogP contribution in [0.2, 0.25) is 0 Å². The summed E-state index contributed by atoms with van der Waals surface area (Å²) < 4.78 is 5.12. The number of hydrogen-bond donors (Lipinski definition) is 0. The first-order chi connectivity index (χ1) is 14.0. The van der Waals surface area contributed by atoms with E-state index in [0.29, 0.717) is 0 Å². The van der Waals surface area contributed by atoms with E-state index < -0.39 is 24.4 Å². The predicted molar refractivity (Wildman–Crippen MR) is 104 cm³/mol. The Bertz CT molecular complexity index is 805. The molecule has 0 N–H and O–H groups in total. The van der Waals surface area contributed by atoms with Crippen molar-refractivity contribution in [3.63, 3.8) is 0 Å². The molecule has 152 valence electrons. The molecular weight excluding hydrogens is 372 g/mol. The highest BCUT2D eigenvalue weighted by molar-refractivity contribution is 5.99. The van der Waals surface area contributed by atoms with Crippen molar-refractivity contribution >= 4 is 23.5 Å². The molecule has 1 heterocycles. The molecule has 0 bridgehead atoms. The minimum Gasteiger partial charge on any atom is -0.455 e. The Morgan fingerprint density at radius 1 is 1.17 bits per heavy atom. The quantitative estimate of drug-likeness (QED) is 0.588. The van der Waals surface area contributed by atoms with Crippen molar-refractivity contribution in [2.75, 3.05) is 31.1 Å². The molecule has 1 aliphatic rings. The van der Waals surface area contributed by atoms with E-state index in [4.69, 9.17) is 15.3 Å². The van der Waals surface area contributed by atoms with Crippen LogP contribution in [0.3, 0.4) is 0 Å². The van der Waals surface area contributed by atoms with Crippen LogP contribution in [0, 0.1) is 28.6 Å². The second-order valence-electron chi connectivity index (χ2n) is 6.73. The SMILES string of the molecule is CCc1ccc(N2CC(C(=O)OCC(=O)N(CCC#N)CCC#N)CC2=O)cc1. The Balaban J connectivity index is 1.90. The van der Waals surface area contributed by atoms with E-state index in [1.165, 1.54) is 4.90 Å². The number of aryl methyl sites for hydroxylation is 1. The van der Waals surface area contributed by atoms with Crippen LogP contribution in [0.1, 0.15) is 31.7 Å². The van der Waals surface area contributed by atoms with Crippen LogP contribution >= 0.6 is 0 Å². The molecule has 0 aromatic heterocycles. The second kappa shape index (κ2) is 10.8. The van der Waals surface area contributed by atoms with Crippen LogP contribution in [-0.2, 0) is 25.5 Å². The molecule has 0 saturated carbocycles. The Hall–Kier alpha value is -3.39. The third-order valence-corrected chi connectivity index (χ3v) is 4.79. The first-order valence-electron chi connectivity index (χ1n) is 9.57. The van der Waals surface area contributed by atoms with E-state index in [0.717, 1.165) is 17.7 Å². The normalized spacial score (nSPS) is 15.5. The fourth-order valence-electron chi connectivity index (χ4n) is 3.10. The summed E-state index contributed by atoms with van der Waals surface area (Å²) in [6.45, 7) is 2.15. The third kappa shape index (κ3) is 6.05. The molecule has 1 aromatic carbocycles. The van der Waals surface area contributed by atoms with Gasteiger partial charge in [-0.1, -0.05) is 19.1 Å². The first kappa shape index (κ1) is 21.9. The van der Waals surface area contributed by atoms with Gasteiger partial charge in [-0.2, -0.15) is 10.5 Å². The van der Waals surface area contributed by atoms with E-state index in [1.807, 2.05) is 43.3 Å². The second-order valence-corrected chi connectivity index (χ2v) is 6.73. The molecule has 0 radical (unpaired) electrons. The summed E-state index contributed by atoms with van der Waals surface area (Å²) >= 11 is 0. The molecule has 8 heteroatoms. The summed E-state index contributed by atoms with van der Waals surface area (Å²) in [4.78, 5) is 39.8. The monoisotopic (exact) mass is 396 g/mol. The predicted octanol–water partition coefficient (Wildman–Crippen LogP) is 1.80. The summed E-state index contributed by atoms with van der Waals surface area (Å²) in [5, 5.41) is 17.4. The van der Waals surface area contributed by atoms with Crippen LogP contribution in [0.25, 0.3) is 0 Å². The van der Waals surface area contributed by atoms with Gasteiger partial charge in [0.2, 0.25) is 5.91 Å². The van der Waals surface area contributed by atoms with Crippen molar-refractivity contribution in [2.24, 2.45) is 5.92 Å². The summed E-state index contributed by atoms with van der Waals surface area (Å²) in [7, 11) is 0. The van der Waals surface area contributed by atoms with Crippen LogP contribution in [0.5, 0.6) is 0 Å². The lowest BCUT2D eigenvalue weighted by Gasteiger charge is -2.20. The average molecular weight is 396 g/mol. The zero-order chi connectivity index (χ0) is 21.2. The molecule has 1 aliphatic heterocycles.